The lowest BCUT2D eigenvalue weighted by molar-refractivity contribution is 0.583. The van der Waals surface area contributed by atoms with Crippen LogP contribution in [0.25, 0.3) is 0 Å². The van der Waals surface area contributed by atoms with E-state index >= 15 is 0 Å². The van der Waals surface area contributed by atoms with Gasteiger partial charge in [0.1, 0.15) is 5.82 Å². The highest BCUT2D eigenvalue weighted by Gasteiger charge is 2.02. The third-order valence-electron chi connectivity index (χ3n) is 2.53. The molecule has 2 aromatic heterocycles. The summed E-state index contributed by atoms with van der Waals surface area (Å²) in [7, 11) is 1.93. The average Bonchev–Trinajstić information content (AvgIpc) is 2.90. The van der Waals surface area contributed by atoms with E-state index in [1.165, 1.54) is 5.56 Å². The molecule has 0 saturated heterocycles. The first-order valence-electron chi connectivity index (χ1n) is 5.89. The van der Waals surface area contributed by atoms with E-state index in [4.69, 9.17) is 0 Å². The highest BCUT2D eigenvalue weighted by atomic mass is 15.4. The van der Waals surface area contributed by atoms with Crippen LogP contribution in [-0.2, 0) is 20.0 Å². The summed E-state index contributed by atoms with van der Waals surface area (Å²) in [6, 6.07) is 0. The van der Waals surface area contributed by atoms with Crippen LogP contribution < -0.4 is 5.32 Å². The maximum Gasteiger partial charge on any atom is 0.144 e. The molecule has 17 heavy (non-hydrogen) atoms. The molecule has 0 aliphatic rings. The maximum absolute atomic E-state index is 4.14. The van der Waals surface area contributed by atoms with Crippen molar-refractivity contribution < 1.29 is 0 Å². The molecule has 0 saturated carbocycles. The Bertz CT molecular complexity index is 458. The predicted molar refractivity (Wildman–Crippen MR) is 65.7 cm³/mol. The molecule has 2 heterocycles. The van der Waals surface area contributed by atoms with Gasteiger partial charge in [0.25, 0.3) is 0 Å². The van der Waals surface area contributed by atoms with Crippen molar-refractivity contribution in [3.8, 4) is 0 Å². The first-order valence-corrected chi connectivity index (χ1v) is 5.89. The molecule has 2 rings (SSSR count). The van der Waals surface area contributed by atoms with E-state index in [0.717, 1.165) is 31.7 Å². The van der Waals surface area contributed by atoms with Gasteiger partial charge in [0.2, 0.25) is 0 Å². The monoisotopic (exact) mass is 234 g/mol. The van der Waals surface area contributed by atoms with Crippen LogP contribution >= 0.6 is 0 Å². The Hall–Kier alpha value is -1.85. The van der Waals surface area contributed by atoms with Crippen LogP contribution in [0.1, 0.15) is 18.9 Å². The minimum Gasteiger partial charge on any atom is -0.369 e. The molecule has 0 unspecified atom stereocenters. The van der Waals surface area contributed by atoms with Crippen LogP contribution in [-0.4, -0.2) is 31.3 Å². The third kappa shape index (κ3) is 3.05. The molecule has 0 aliphatic heterocycles. The summed E-state index contributed by atoms with van der Waals surface area (Å²) in [5, 5.41) is 15.4. The van der Waals surface area contributed by atoms with Gasteiger partial charge in [0.15, 0.2) is 0 Å². The molecular formula is C11H18N6. The molecule has 0 spiro atoms. The first kappa shape index (κ1) is 11.6. The third-order valence-corrected chi connectivity index (χ3v) is 2.53. The van der Waals surface area contributed by atoms with Crippen molar-refractivity contribution in [2.24, 2.45) is 7.05 Å². The normalized spacial score (nSPS) is 10.7. The van der Waals surface area contributed by atoms with Crippen molar-refractivity contribution in [1.29, 1.82) is 0 Å². The summed E-state index contributed by atoms with van der Waals surface area (Å²) in [6.45, 7) is 3.89. The van der Waals surface area contributed by atoms with Crippen LogP contribution in [0.3, 0.4) is 0 Å². The molecule has 0 aromatic carbocycles. The van der Waals surface area contributed by atoms with Gasteiger partial charge < -0.3 is 5.32 Å². The van der Waals surface area contributed by atoms with E-state index in [1.807, 2.05) is 28.8 Å². The minimum atomic E-state index is 0.864. The van der Waals surface area contributed by atoms with Gasteiger partial charge in [-0.3, -0.25) is 4.68 Å². The van der Waals surface area contributed by atoms with E-state index in [-0.39, 0.29) is 0 Å². The Labute approximate surface area is 101 Å². The van der Waals surface area contributed by atoms with Crippen LogP contribution in [0, 0.1) is 0 Å². The molecular weight excluding hydrogens is 216 g/mol. The number of aryl methyl sites for hydroxylation is 2. The predicted octanol–water partition coefficient (Wildman–Crippen LogP) is 1.08. The molecule has 0 aliphatic carbocycles. The summed E-state index contributed by atoms with van der Waals surface area (Å²) in [5.41, 5.74) is 1.23. The van der Waals surface area contributed by atoms with Crippen molar-refractivity contribution in [2.45, 2.75) is 26.3 Å². The van der Waals surface area contributed by atoms with Gasteiger partial charge in [-0.05, 0) is 18.4 Å². The number of aromatic nitrogens is 5. The lowest BCUT2D eigenvalue weighted by atomic mass is 10.2. The van der Waals surface area contributed by atoms with Gasteiger partial charge in [-0.15, -0.1) is 5.10 Å². The molecule has 1 N–H and O–H groups in total. The van der Waals surface area contributed by atoms with Crippen LogP contribution in [0.15, 0.2) is 18.6 Å². The number of nitrogens with zero attached hydrogens (tertiary/aromatic N) is 5. The fourth-order valence-electron chi connectivity index (χ4n) is 1.71. The van der Waals surface area contributed by atoms with Crippen molar-refractivity contribution >= 4 is 5.82 Å². The SMILES string of the molecule is CCCn1nncc1NCCc1cnn(C)c1. The van der Waals surface area contributed by atoms with E-state index < -0.39 is 0 Å². The Kier molecular flexibility index (Phi) is 3.74. The molecule has 92 valence electrons. The van der Waals surface area contributed by atoms with Gasteiger partial charge in [-0.1, -0.05) is 12.1 Å². The Morgan fingerprint density at radius 1 is 1.35 bits per heavy atom. The fraction of sp³-hybridized carbons (Fsp3) is 0.545. The zero-order valence-electron chi connectivity index (χ0n) is 10.3. The quantitative estimate of drug-likeness (QED) is 0.812. The maximum atomic E-state index is 4.14. The van der Waals surface area contributed by atoms with Crippen LogP contribution in [0.4, 0.5) is 5.82 Å². The van der Waals surface area contributed by atoms with Gasteiger partial charge in [0, 0.05) is 26.3 Å². The molecule has 0 bridgehead atoms. The van der Waals surface area contributed by atoms with E-state index in [2.05, 4.69) is 27.7 Å². The molecule has 0 radical (unpaired) electrons. The van der Waals surface area contributed by atoms with Gasteiger partial charge in [0.05, 0.1) is 12.4 Å². The summed E-state index contributed by atoms with van der Waals surface area (Å²) in [5.74, 6) is 0.982. The average molecular weight is 234 g/mol. The minimum absolute atomic E-state index is 0.864. The molecule has 0 fully saturated rings. The summed E-state index contributed by atoms with van der Waals surface area (Å²) < 4.78 is 3.71. The van der Waals surface area contributed by atoms with E-state index in [0.29, 0.717) is 0 Å². The van der Waals surface area contributed by atoms with Crippen LogP contribution in [0.5, 0.6) is 0 Å². The van der Waals surface area contributed by atoms with Crippen molar-refractivity contribution in [1.82, 2.24) is 24.8 Å². The standard InChI is InChI=1S/C11H18N6/c1-3-6-17-11(8-13-15-17)12-5-4-10-7-14-16(2)9-10/h7-9,12H,3-6H2,1-2H3. The Morgan fingerprint density at radius 2 is 2.24 bits per heavy atom. The topological polar surface area (TPSA) is 60.6 Å². The summed E-state index contributed by atoms with van der Waals surface area (Å²) in [6.07, 6.45) is 7.69. The molecule has 6 heteroatoms. The molecule has 6 nitrogen and oxygen atoms in total. The largest absolute Gasteiger partial charge is 0.369 e. The molecule has 0 atom stereocenters. The first-order chi connectivity index (χ1) is 8.29. The Morgan fingerprint density at radius 3 is 2.94 bits per heavy atom. The molecule has 0 amide bonds. The molecule has 2 aromatic rings. The highest BCUT2D eigenvalue weighted by Crippen LogP contribution is 2.05. The number of hydrogen-bond acceptors (Lipinski definition) is 4. The lowest BCUT2D eigenvalue weighted by Crippen LogP contribution is -2.10. The Balaban J connectivity index is 1.83. The van der Waals surface area contributed by atoms with E-state index in [9.17, 15) is 0 Å². The van der Waals surface area contributed by atoms with Crippen molar-refractivity contribution in [2.75, 3.05) is 11.9 Å². The number of hydrogen-bond donors (Lipinski definition) is 1. The second kappa shape index (κ2) is 5.47. The second-order valence-corrected chi connectivity index (χ2v) is 4.04. The fourth-order valence-corrected chi connectivity index (χ4v) is 1.71. The van der Waals surface area contributed by atoms with Crippen molar-refractivity contribution in [3.05, 3.63) is 24.2 Å². The van der Waals surface area contributed by atoms with E-state index in [1.54, 1.807) is 6.20 Å². The number of anilines is 1. The zero-order chi connectivity index (χ0) is 12.1. The summed E-state index contributed by atoms with van der Waals surface area (Å²) in [4.78, 5) is 0. The smallest absolute Gasteiger partial charge is 0.144 e. The zero-order valence-corrected chi connectivity index (χ0v) is 10.3. The lowest BCUT2D eigenvalue weighted by Gasteiger charge is -2.06. The van der Waals surface area contributed by atoms with Crippen LogP contribution in [0.2, 0.25) is 0 Å². The number of rotatable bonds is 6. The van der Waals surface area contributed by atoms with Gasteiger partial charge in [-0.25, -0.2) is 4.68 Å². The van der Waals surface area contributed by atoms with Crippen molar-refractivity contribution in [3.63, 3.8) is 0 Å². The number of nitrogens with one attached hydrogen (secondary N) is 1. The highest BCUT2D eigenvalue weighted by molar-refractivity contribution is 5.31. The van der Waals surface area contributed by atoms with Gasteiger partial charge >= 0.3 is 0 Å². The second-order valence-electron chi connectivity index (χ2n) is 4.04. The summed E-state index contributed by atoms with van der Waals surface area (Å²) >= 11 is 0. The van der Waals surface area contributed by atoms with Gasteiger partial charge in [-0.2, -0.15) is 5.10 Å².